The Balaban J connectivity index is 2.44. The molecule has 2 rings (SSSR count). The molecule has 2 nitrogen and oxygen atoms in total. The van der Waals surface area contributed by atoms with E-state index in [1.54, 1.807) is 6.07 Å². The molecule has 0 bridgehead atoms. The Bertz CT molecular complexity index is 738. The van der Waals surface area contributed by atoms with Crippen LogP contribution in [0.25, 0.3) is 0 Å². The van der Waals surface area contributed by atoms with Crippen molar-refractivity contribution in [2.24, 2.45) is 0 Å². The van der Waals surface area contributed by atoms with Gasteiger partial charge in [0.05, 0.1) is 16.7 Å². The number of benzene rings is 2. The minimum absolute atomic E-state index is 0.193. The summed E-state index contributed by atoms with van der Waals surface area (Å²) in [7, 11) is 0. The molecule has 1 unspecified atom stereocenters. The summed E-state index contributed by atoms with van der Waals surface area (Å²) in [4.78, 5) is 12.2. The summed E-state index contributed by atoms with van der Waals surface area (Å²) in [6.45, 7) is 0. The second kappa shape index (κ2) is 5.98. The second-order valence-electron chi connectivity index (χ2n) is 4.22. The van der Waals surface area contributed by atoms with Crippen molar-refractivity contribution in [2.45, 2.75) is 5.92 Å². The van der Waals surface area contributed by atoms with E-state index in [9.17, 15) is 18.0 Å². The molecule has 0 aliphatic carbocycles. The lowest BCUT2D eigenvalue weighted by molar-refractivity contribution is 0.0974. The predicted octanol–water partition coefficient (Wildman–Crippen LogP) is 4.25. The van der Waals surface area contributed by atoms with E-state index in [-0.39, 0.29) is 5.56 Å². The first-order chi connectivity index (χ1) is 9.93. The monoisotopic (exact) mass is 309 g/mol. The highest BCUT2D eigenvalue weighted by Crippen LogP contribution is 2.25. The number of hydrogen-bond donors (Lipinski definition) is 0. The van der Waals surface area contributed by atoms with E-state index in [2.05, 4.69) is 0 Å². The topological polar surface area (TPSA) is 40.9 Å². The van der Waals surface area contributed by atoms with Crippen LogP contribution in [0.1, 0.15) is 21.8 Å². The maximum absolute atomic E-state index is 13.7. The van der Waals surface area contributed by atoms with Gasteiger partial charge in [-0.2, -0.15) is 5.26 Å². The van der Waals surface area contributed by atoms with E-state index in [0.717, 1.165) is 12.1 Å². The molecule has 0 aromatic heterocycles. The summed E-state index contributed by atoms with van der Waals surface area (Å²) in [6.07, 6.45) is 0. The van der Waals surface area contributed by atoms with E-state index in [4.69, 9.17) is 16.9 Å². The Labute approximate surface area is 123 Å². The van der Waals surface area contributed by atoms with Crippen molar-refractivity contribution in [1.82, 2.24) is 0 Å². The van der Waals surface area contributed by atoms with Gasteiger partial charge in [-0.25, -0.2) is 13.2 Å². The minimum Gasteiger partial charge on any atom is -0.292 e. The molecule has 0 aliphatic heterocycles. The van der Waals surface area contributed by atoms with Crippen molar-refractivity contribution in [3.63, 3.8) is 0 Å². The van der Waals surface area contributed by atoms with Crippen LogP contribution in [0.4, 0.5) is 13.2 Å². The average Bonchev–Trinajstić information content (AvgIpc) is 2.45. The number of halogens is 4. The highest BCUT2D eigenvalue weighted by molar-refractivity contribution is 6.30. The Kier molecular flexibility index (Phi) is 4.29. The smallest absolute Gasteiger partial charge is 0.187 e. The molecule has 2 aromatic rings. The summed E-state index contributed by atoms with van der Waals surface area (Å²) in [6, 6.07) is 7.65. The Morgan fingerprint density at radius 1 is 1.10 bits per heavy atom. The van der Waals surface area contributed by atoms with Crippen LogP contribution in [0.3, 0.4) is 0 Å². The van der Waals surface area contributed by atoms with Gasteiger partial charge in [-0.15, -0.1) is 0 Å². The third-order valence-electron chi connectivity index (χ3n) is 2.87. The molecule has 0 amide bonds. The Morgan fingerprint density at radius 3 is 2.29 bits per heavy atom. The molecule has 0 fully saturated rings. The summed E-state index contributed by atoms with van der Waals surface area (Å²) in [5.41, 5.74) is -0.383. The molecule has 21 heavy (non-hydrogen) atoms. The quantitative estimate of drug-likeness (QED) is 0.628. The van der Waals surface area contributed by atoms with Gasteiger partial charge < -0.3 is 0 Å². The van der Waals surface area contributed by atoms with Crippen LogP contribution < -0.4 is 0 Å². The first kappa shape index (κ1) is 15.1. The van der Waals surface area contributed by atoms with E-state index >= 15 is 0 Å². The summed E-state index contributed by atoms with van der Waals surface area (Å²) in [5, 5.41) is 8.63. The molecule has 2 aromatic carbocycles. The molecular weight excluding hydrogens is 303 g/mol. The lowest BCUT2D eigenvalue weighted by Crippen LogP contribution is -2.13. The Morgan fingerprint density at radius 2 is 1.71 bits per heavy atom. The molecule has 0 saturated heterocycles. The number of nitrogens with zero attached hydrogens (tertiary/aromatic N) is 1. The normalized spacial score (nSPS) is 11.8. The molecule has 0 saturated carbocycles. The van der Waals surface area contributed by atoms with Crippen molar-refractivity contribution < 1.29 is 18.0 Å². The van der Waals surface area contributed by atoms with Crippen molar-refractivity contribution in [2.75, 3.05) is 0 Å². The van der Waals surface area contributed by atoms with Crippen molar-refractivity contribution in [1.29, 1.82) is 5.26 Å². The van der Waals surface area contributed by atoms with Gasteiger partial charge >= 0.3 is 0 Å². The molecule has 0 radical (unpaired) electrons. The lowest BCUT2D eigenvalue weighted by atomic mass is 9.91. The molecular formula is C15H7ClF3NO. The van der Waals surface area contributed by atoms with Crippen LogP contribution in [0.5, 0.6) is 0 Å². The van der Waals surface area contributed by atoms with Crippen LogP contribution in [0, 0.1) is 28.8 Å². The molecule has 0 N–H and O–H groups in total. The number of hydrogen-bond acceptors (Lipinski definition) is 2. The van der Waals surface area contributed by atoms with Gasteiger partial charge in [0, 0.05) is 0 Å². The van der Waals surface area contributed by atoms with E-state index in [1.165, 1.54) is 12.1 Å². The van der Waals surface area contributed by atoms with Gasteiger partial charge in [0.2, 0.25) is 0 Å². The van der Waals surface area contributed by atoms with Gasteiger partial charge in [-0.05, 0) is 29.8 Å². The van der Waals surface area contributed by atoms with E-state index < -0.39 is 39.7 Å². The van der Waals surface area contributed by atoms with Crippen molar-refractivity contribution >= 4 is 17.4 Å². The molecule has 6 heteroatoms. The molecule has 0 spiro atoms. The van der Waals surface area contributed by atoms with Crippen molar-refractivity contribution in [3.8, 4) is 6.07 Å². The molecule has 1 atom stereocenters. The fraction of sp³-hybridized carbons (Fsp3) is 0.0667. The first-order valence-electron chi connectivity index (χ1n) is 5.78. The molecule has 0 heterocycles. The summed E-state index contributed by atoms with van der Waals surface area (Å²) >= 11 is 5.41. The van der Waals surface area contributed by atoms with Crippen LogP contribution >= 0.6 is 11.6 Å². The number of carbonyl (C=O) groups excluding carboxylic acids is 1. The van der Waals surface area contributed by atoms with Crippen LogP contribution in [0.2, 0.25) is 5.02 Å². The molecule has 0 aliphatic rings. The zero-order valence-corrected chi connectivity index (χ0v) is 11.2. The number of nitriles is 1. The first-order valence-corrected chi connectivity index (χ1v) is 6.15. The predicted molar refractivity (Wildman–Crippen MR) is 70.5 cm³/mol. The number of carbonyl (C=O) groups is 1. The largest absolute Gasteiger partial charge is 0.292 e. The van der Waals surface area contributed by atoms with Crippen LogP contribution in [-0.4, -0.2) is 5.78 Å². The van der Waals surface area contributed by atoms with Gasteiger partial charge in [0.1, 0.15) is 23.4 Å². The van der Waals surface area contributed by atoms with Gasteiger partial charge in [-0.3, -0.25) is 4.79 Å². The van der Waals surface area contributed by atoms with Crippen LogP contribution in [0.15, 0.2) is 36.4 Å². The molecule has 106 valence electrons. The Hall–Kier alpha value is -2.32. The van der Waals surface area contributed by atoms with E-state index in [1.807, 2.05) is 0 Å². The third-order valence-corrected chi connectivity index (χ3v) is 3.16. The fourth-order valence-corrected chi connectivity index (χ4v) is 1.96. The fourth-order valence-electron chi connectivity index (χ4n) is 1.81. The van der Waals surface area contributed by atoms with Crippen LogP contribution in [-0.2, 0) is 0 Å². The number of ketones is 1. The standard InChI is InChI=1S/C15H7ClF3NO/c16-12-6-13(18)10(5-14(12)19)15(21)11(7-20)8-1-3-9(17)4-2-8/h1-6,11H. The number of Topliss-reactive ketones (excluding diaryl/α,β-unsaturated/α-hetero) is 1. The minimum atomic E-state index is -1.36. The highest BCUT2D eigenvalue weighted by atomic mass is 35.5. The zero-order valence-electron chi connectivity index (χ0n) is 10.4. The third kappa shape index (κ3) is 3.06. The average molecular weight is 310 g/mol. The highest BCUT2D eigenvalue weighted by Gasteiger charge is 2.25. The van der Waals surface area contributed by atoms with Crippen molar-refractivity contribution in [3.05, 3.63) is 70.0 Å². The lowest BCUT2D eigenvalue weighted by Gasteiger charge is -2.10. The maximum atomic E-state index is 13.7. The number of rotatable bonds is 3. The SMILES string of the molecule is N#CC(C(=O)c1cc(F)c(Cl)cc1F)c1ccc(F)cc1. The maximum Gasteiger partial charge on any atom is 0.187 e. The van der Waals surface area contributed by atoms with Gasteiger partial charge in [-0.1, -0.05) is 23.7 Å². The summed E-state index contributed by atoms with van der Waals surface area (Å²) in [5.74, 6) is -4.80. The zero-order chi connectivity index (χ0) is 15.6. The second-order valence-corrected chi connectivity index (χ2v) is 4.63. The van der Waals surface area contributed by atoms with Gasteiger partial charge in [0.15, 0.2) is 5.78 Å². The van der Waals surface area contributed by atoms with Gasteiger partial charge in [0.25, 0.3) is 0 Å². The van der Waals surface area contributed by atoms with E-state index in [0.29, 0.717) is 12.1 Å². The summed E-state index contributed by atoms with van der Waals surface area (Å²) < 4.78 is 39.9.